The summed E-state index contributed by atoms with van der Waals surface area (Å²) < 4.78 is 1.76. The van der Waals surface area contributed by atoms with Crippen molar-refractivity contribution in [2.45, 2.75) is 19.6 Å². The van der Waals surface area contributed by atoms with Crippen LogP contribution < -0.4 is 11.1 Å². The minimum atomic E-state index is -1.35. The predicted octanol–water partition coefficient (Wildman–Crippen LogP) is -0.916. The monoisotopic (exact) mass is 225 g/mol. The van der Waals surface area contributed by atoms with E-state index in [1.165, 1.54) is 0 Å². The fourth-order valence-corrected chi connectivity index (χ4v) is 1.28. The topological polar surface area (TPSA) is 97.3 Å². The van der Waals surface area contributed by atoms with E-state index in [-0.39, 0.29) is 12.5 Å². The van der Waals surface area contributed by atoms with Gasteiger partial charge in [0, 0.05) is 12.7 Å². The van der Waals surface area contributed by atoms with Crippen LogP contribution in [0.25, 0.3) is 0 Å². The van der Waals surface area contributed by atoms with Crippen LogP contribution in [0.4, 0.5) is 0 Å². The number of primary amides is 1. The Morgan fingerprint density at radius 3 is 2.88 bits per heavy atom. The van der Waals surface area contributed by atoms with Crippen molar-refractivity contribution in [3.63, 3.8) is 0 Å². The molecule has 6 nitrogen and oxygen atoms in total. The molecule has 0 aliphatic heterocycles. The molecule has 0 spiro atoms. The van der Waals surface area contributed by atoms with Crippen LogP contribution in [-0.2, 0) is 11.3 Å². The van der Waals surface area contributed by atoms with Gasteiger partial charge in [0.25, 0.3) is 5.91 Å². The molecule has 0 fully saturated rings. The number of hydrogen-bond donors (Lipinski definition) is 3. The van der Waals surface area contributed by atoms with Crippen molar-refractivity contribution in [2.24, 2.45) is 5.73 Å². The van der Waals surface area contributed by atoms with Crippen LogP contribution in [0.3, 0.4) is 0 Å². The molecule has 1 aromatic heterocycles. The maximum Gasteiger partial charge on any atom is 0.268 e. The molecule has 0 saturated heterocycles. The van der Waals surface area contributed by atoms with E-state index in [1.807, 2.05) is 6.92 Å². The van der Waals surface area contributed by atoms with E-state index in [0.717, 1.165) is 0 Å². The van der Waals surface area contributed by atoms with Gasteiger partial charge in [0.15, 0.2) is 0 Å². The zero-order chi connectivity index (χ0) is 12.1. The van der Waals surface area contributed by atoms with Crippen LogP contribution in [0.15, 0.2) is 18.3 Å². The van der Waals surface area contributed by atoms with E-state index >= 15 is 0 Å². The van der Waals surface area contributed by atoms with Crippen molar-refractivity contribution in [3.05, 3.63) is 24.0 Å². The second-order valence-corrected chi connectivity index (χ2v) is 3.31. The fourth-order valence-electron chi connectivity index (χ4n) is 1.28. The number of aliphatic hydroxyl groups is 1. The minimum Gasteiger partial charge on any atom is -0.381 e. The Kier molecular flexibility index (Phi) is 4.07. The number of carbonyl (C=O) groups is 2. The van der Waals surface area contributed by atoms with Gasteiger partial charge in [-0.3, -0.25) is 9.59 Å². The first-order chi connectivity index (χ1) is 7.56. The molecule has 0 radical (unpaired) electrons. The van der Waals surface area contributed by atoms with E-state index in [2.05, 4.69) is 5.32 Å². The molecule has 0 aliphatic rings. The van der Waals surface area contributed by atoms with E-state index in [4.69, 9.17) is 10.8 Å². The van der Waals surface area contributed by atoms with E-state index in [0.29, 0.717) is 12.2 Å². The third kappa shape index (κ3) is 2.83. The lowest BCUT2D eigenvalue weighted by molar-refractivity contribution is -0.125. The Morgan fingerprint density at radius 1 is 1.62 bits per heavy atom. The number of hydrogen-bond acceptors (Lipinski definition) is 3. The molecule has 1 unspecified atom stereocenters. The second kappa shape index (κ2) is 5.32. The number of aromatic nitrogens is 1. The highest BCUT2D eigenvalue weighted by molar-refractivity contribution is 5.93. The van der Waals surface area contributed by atoms with Gasteiger partial charge in [0.05, 0.1) is 6.54 Å². The number of nitrogens with one attached hydrogen (secondary N) is 1. The first kappa shape index (κ1) is 12.3. The molecule has 1 heterocycles. The number of aryl methyl sites for hydroxylation is 1. The lowest BCUT2D eigenvalue weighted by atomic mass is 10.3. The molecule has 16 heavy (non-hydrogen) atoms. The highest BCUT2D eigenvalue weighted by Crippen LogP contribution is 2.01. The minimum absolute atomic E-state index is 0.178. The van der Waals surface area contributed by atoms with Crippen LogP contribution in [0.2, 0.25) is 0 Å². The van der Waals surface area contributed by atoms with Crippen molar-refractivity contribution >= 4 is 11.8 Å². The Bertz CT molecular complexity index is 386. The zero-order valence-corrected chi connectivity index (χ0v) is 9.01. The maximum absolute atomic E-state index is 11.6. The average molecular weight is 225 g/mol. The molecule has 6 heteroatoms. The van der Waals surface area contributed by atoms with E-state index in [9.17, 15) is 9.59 Å². The summed E-state index contributed by atoms with van der Waals surface area (Å²) >= 11 is 0. The summed E-state index contributed by atoms with van der Waals surface area (Å²) in [6, 6.07) is 3.42. The van der Waals surface area contributed by atoms with E-state index < -0.39 is 12.0 Å². The number of rotatable bonds is 5. The fraction of sp³-hybridized carbons (Fsp3) is 0.400. The zero-order valence-electron chi connectivity index (χ0n) is 9.01. The molecular formula is C10H15N3O3. The van der Waals surface area contributed by atoms with Crippen molar-refractivity contribution in [2.75, 3.05) is 6.54 Å². The molecule has 2 amide bonds. The number of amides is 2. The first-order valence-corrected chi connectivity index (χ1v) is 4.97. The van der Waals surface area contributed by atoms with Crippen LogP contribution in [0.5, 0.6) is 0 Å². The highest BCUT2D eigenvalue weighted by atomic mass is 16.3. The molecule has 0 aromatic carbocycles. The summed E-state index contributed by atoms with van der Waals surface area (Å²) in [5, 5.41) is 11.5. The molecule has 1 atom stereocenters. The van der Waals surface area contributed by atoms with Gasteiger partial charge in [-0.25, -0.2) is 0 Å². The molecule has 1 rings (SSSR count). The Balaban J connectivity index is 2.56. The quantitative estimate of drug-likeness (QED) is 0.604. The van der Waals surface area contributed by atoms with Crippen LogP contribution in [-0.4, -0.2) is 34.1 Å². The van der Waals surface area contributed by atoms with E-state index in [1.54, 1.807) is 22.9 Å². The molecule has 0 bridgehead atoms. The van der Waals surface area contributed by atoms with Gasteiger partial charge in [-0.05, 0) is 19.1 Å². The lowest BCUT2D eigenvalue weighted by Crippen LogP contribution is -2.40. The van der Waals surface area contributed by atoms with Gasteiger partial charge in [0.2, 0.25) is 5.91 Å². The SMILES string of the molecule is CCn1cccc1C(=O)NCC(O)C(N)=O. The summed E-state index contributed by atoms with van der Waals surface area (Å²) in [7, 11) is 0. The largest absolute Gasteiger partial charge is 0.381 e. The predicted molar refractivity (Wildman–Crippen MR) is 57.6 cm³/mol. The molecule has 0 saturated carbocycles. The first-order valence-electron chi connectivity index (χ1n) is 4.97. The van der Waals surface area contributed by atoms with Gasteiger partial charge in [-0.1, -0.05) is 0 Å². The standard InChI is InChI=1S/C10H15N3O3/c1-2-13-5-3-4-7(13)10(16)12-6-8(14)9(11)15/h3-5,8,14H,2,6H2,1H3,(H2,11,15)(H,12,16). The van der Waals surface area contributed by atoms with Gasteiger partial charge < -0.3 is 20.7 Å². The maximum atomic E-state index is 11.6. The Labute approximate surface area is 93.0 Å². The normalized spacial score (nSPS) is 12.1. The van der Waals surface area contributed by atoms with Crippen molar-refractivity contribution in [1.29, 1.82) is 0 Å². The second-order valence-electron chi connectivity index (χ2n) is 3.31. The third-order valence-corrected chi connectivity index (χ3v) is 2.19. The number of nitrogens with zero attached hydrogens (tertiary/aromatic N) is 1. The number of aliphatic hydroxyl groups excluding tert-OH is 1. The smallest absolute Gasteiger partial charge is 0.268 e. The van der Waals surface area contributed by atoms with Gasteiger partial charge in [-0.15, -0.1) is 0 Å². The van der Waals surface area contributed by atoms with Crippen LogP contribution in [0.1, 0.15) is 17.4 Å². The van der Waals surface area contributed by atoms with Gasteiger partial charge >= 0.3 is 0 Å². The summed E-state index contributed by atoms with van der Waals surface area (Å²) in [6.45, 7) is 2.41. The van der Waals surface area contributed by atoms with Crippen LogP contribution >= 0.6 is 0 Å². The summed E-state index contributed by atoms with van der Waals surface area (Å²) in [5.41, 5.74) is 5.34. The molecule has 0 aliphatic carbocycles. The Morgan fingerprint density at radius 2 is 2.31 bits per heavy atom. The lowest BCUT2D eigenvalue weighted by Gasteiger charge is -2.09. The van der Waals surface area contributed by atoms with Crippen molar-refractivity contribution in [3.8, 4) is 0 Å². The van der Waals surface area contributed by atoms with Crippen LogP contribution in [0, 0.1) is 0 Å². The summed E-state index contributed by atoms with van der Waals surface area (Å²) in [6.07, 6.45) is 0.424. The molecular weight excluding hydrogens is 210 g/mol. The summed E-state index contributed by atoms with van der Waals surface area (Å²) in [4.78, 5) is 22.2. The number of carbonyl (C=O) groups excluding carboxylic acids is 2. The van der Waals surface area contributed by atoms with Crippen molar-refractivity contribution in [1.82, 2.24) is 9.88 Å². The molecule has 4 N–H and O–H groups in total. The number of nitrogens with two attached hydrogens (primary N) is 1. The average Bonchev–Trinajstić information content (AvgIpc) is 2.73. The van der Waals surface area contributed by atoms with Gasteiger partial charge in [0.1, 0.15) is 11.8 Å². The molecule has 1 aromatic rings. The highest BCUT2D eigenvalue weighted by Gasteiger charge is 2.14. The third-order valence-electron chi connectivity index (χ3n) is 2.19. The van der Waals surface area contributed by atoms with Crippen molar-refractivity contribution < 1.29 is 14.7 Å². The molecule has 88 valence electrons. The van der Waals surface area contributed by atoms with Gasteiger partial charge in [-0.2, -0.15) is 0 Å². The Hall–Kier alpha value is -1.82. The summed E-state index contributed by atoms with van der Waals surface area (Å²) in [5.74, 6) is -1.20.